The van der Waals surface area contributed by atoms with Gasteiger partial charge >= 0.3 is 6.09 Å². The number of fused-ring (bicyclic) bond motifs is 2. The van der Waals surface area contributed by atoms with E-state index in [-0.39, 0.29) is 6.61 Å². The van der Waals surface area contributed by atoms with Gasteiger partial charge in [0.05, 0.1) is 25.1 Å². The number of carbonyl (C=O) groups excluding carboxylic acids is 1. The molecule has 0 bridgehead atoms. The van der Waals surface area contributed by atoms with Gasteiger partial charge in [-0.15, -0.1) is 0 Å². The highest BCUT2D eigenvalue weighted by molar-refractivity contribution is 5.84. The molecule has 0 saturated heterocycles. The summed E-state index contributed by atoms with van der Waals surface area (Å²) in [5.74, 6) is 1.25. The normalized spacial score (nSPS) is 16.8. The smallest absolute Gasteiger partial charge is 0.412 e. The number of imidazole rings is 1. The van der Waals surface area contributed by atoms with Crippen molar-refractivity contribution in [3.05, 3.63) is 89.4 Å². The summed E-state index contributed by atoms with van der Waals surface area (Å²) >= 11 is 0. The van der Waals surface area contributed by atoms with Crippen LogP contribution in [0.2, 0.25) is 0 Å². The number of ether oxygens (including phenoxy) is 3. The number of aliphatic hydroxyl groups excluding tert-OH is 1. The Balaban J connectivity index is 1.40. The molecule has 8 nitrogen and oxygen atoms in total. The number of aryl methyl sites for hydroxylation is 1. The van der Waals surface area contributed by atoms with Crippen LogP contribution in [-0.4, -0.2) is 33.8 Å². The van der Waals surface area contributed by atoms with Gasteiger partial charge in [0, 0.05) is 18.3 Å². The highest BCUT2D eigenvalue weighted by Gasteiger charge is 2.37. The van der Waals surface area contributed by atoms with Crippen molar-refractivity contribution in [1.82, 2.24) is 9.38 Å². The van der Waals surface area contributed by atoms with Crippen LogP contribution in [0.3, 0.4) is 0 Å². The lowest BCUT2D eigenvalue weighted by Gasteiger charge is -2.23. The molecule has 0 saturated carbocycles. The van der Waals surface area contributed by atoms with Crippen molar-refractivity contribution in [2.75, 3.05) is 12.4 Å². The van der Waals surface area contributed by atoms with Crippen LogP contribution >= 0.6 is 0 Å². The van der Waals surface area contributed by atoms with Crippen molar-refractivity contribution in [3.8, 4) is 11.5 Å². The van der Waals surface area contributed by atoms with E-state index in [9.17, 15) is 9.90 Å². The molecular formula is C26H25N3O5. The van der Waals surface area contributed by atoms with Gasteiger partial charge in [0.1, 0.15) is 11.9 Å². The van der Waals surface area contributed by atoms with Crippen molar-refractivity contribution in [3.63, 3.8) is 0 Å². The molecule has 1 aliphatic rings. The molecule has 0 fully saturated rings. The Morgan fingerprint density at radius 3 is 2.71 bits per heavy atom. The molecule has 2 aromatic heterocycles. The van der Waals surface area contributed by atoms with E-state index in [1.54, 1.807) is 31.4 Å². The minimum atomic E-state index is -0.561. The highest BCUT2D eigenvalue weighted by atomic mass is 16.6. The maximum atomic E-state index is 12.7. The first kappa shape index (κ1) is 21.8. The third-order valence-corrected chi connectivity index (χ3v) is 6.03. The lowest BCUT2D eigenvalue weighted by Crippen LogP contribution is -2.28. The molecule has 2 aromatic carbocycles. The van der Waals surface area contributed by atoms with Crippen LogP contribution < -0.4 is 14.8 Å². The minimum absolute atomic E-state index is 0.125. The number of hydrogen-bond donors (Lipinski definition) is 2. The maximum Gasteiger partial charge on any atom is 0.412 e. The quantitative estimate of drug-likeness (QED) is 0.443. The Kier molecular flexibility index (Phi) is 5.81. The third kappa shape index (κ3) is 4.04. The lowest BCUT2D eigenvalue weighted by atomic mass is 10.1. The van der Waals surface area contributed by atoms with Crippen molar-refractivity contribution >= 4 is 17.4 Å². The van der Waals surface area contributed by atoms with Crippen LogP contribution in [0.1, 0.15) is 28.6 Å². The van der Waals surface area contributed by atoms with E-state index >= 15 is 0 Å². The molecule has 8 heteroatoms. The summed E-state index contributed by atoms with van der Waals surface area (Å²) in [6.07, 6.45) is 0.791. The van der Waals surface area contributed by atoms with E-state index in [2.05, 4.69) is 10.3 Å². The van der Waals surface area contributed by atoms with E-state index in [0.717, 1.165) is 16.8 Å². The fourth-order valence-corrected chi connectivity index (χ4v) is 4.35. The average molecular weight is 460 g/mol. The second kappa shape index (κ2) is 9.07. The van der Waals surface area contributed by atoms with Gasteiger partial charge in [0.2, 0.25) is 0 Å². The van der Waals surface area contributed by atoms with Crippen molar-refractivity contribution in [2.24, 2.45) is 0 Å². The molecule has 1 aliphatic carbocycles. The first-order chi connectivity index (χ1) is 16.6. The fourth-order valence-electron chi connectivity index (χ4n) is 4.35. The highest BCUT2D eigenvalue weighted by Crippen LogP contribution is 2.38. The number of carbonyl (C=O) groups is 1. The first-order valence-corrected chi connectivity index (χ1v) is 11.0. The molecule has 2 atom stereocenters. The van der Waals surface area contributed by atoms with Gasteiger partial charge in [-0.05, 0) is 54.4 Å². The second-order valence-corrected chi connectivity index (χ2v) is 8.11. The Morgan fingerprint density at radius 1 is 1.15 bits per heavy atom. The number of hydrogen-bond acceptors (Lipinski definition) is 6. The molecular weight excluding hydrogens is 434 g/mol. The number of amides is 1. The van der Waals surface area contributed by atoms with Crippen LogP contribution in [0.4, 0.5) is 10.5 Å². The van der Waals surface area contributed by atoms with Gasteiger partial charge in [0.15, 0.2) is 17.5 Å². The van der Waals surface area contributed by atoms with Gasteiger partial charge < -0.3 is 19.3 Å². The lowest BCUT2D eigenvalue weighted by molar-refractivity contribution is 0.0333. The Bertz CT molecular complexity index is 1330. The van der Waals surface area contributed by atoms with Crippen molar-refractivity contribution in [2.45, 2.75) is 32.2 Å². The fraction of sp³-hybridized carbons (Fsp3) is 0.231. The molecule has 0 radical (unpaired) electrons. The Morgan fingerprint density at radius 2 is 1.94 bits per heavy atom. The molecule has 2 N–H and O–H groups in total. The van der Waals surface area contributed by atoms with Gasteiger partial charge in [0.25, 0.3) is 0 Å². The summed E-state index contributed by atoms with van der Waals surface area (Å²) in [5, 5.41) is 12.5. The van der Waals surface area contributed by atoms with Crippen LogP contribution in [0.5, 0.6) is 11.5 Å². The van der Waals surface area contributed by atoms with Crippen LogP contribution in [0.15, 0.2) is 66.9 Å². The molecule has 2 heterocycles. The van der Waals surface area contributed by atoms with E-state index in [1.807, 2.05) is 53.9 Å². The summed E-state index contributed by atoms with van der Waals surface area (Å²) in [7, 11) is 1.59. The molecule has 174 valence electrons. The van der Waals surface area contributed by atoms with Crippen molar-refractivity contribution < 1.29 is 24.1 Å². The summed E-state index contributed by atoms with van der Waals surface area (Å²) in [5.41, 5.74) is 4.69. The van der Waals surface area contributed by atoms with Crippen molar-refractivity contribution in [1.29, 1.82) is 0 Å². The number of rotatable bonds is 6. The number of anilines is 1. The van der Waals surface area contributed by atoms with E-state index in [0.29, 0.717) is 34.9 Å². The van der Waals surface area contributed by atoms with Crippen LogP contribution in [0, 0.1) is 6.92 Å². The summed E-state index contributed by atoms with van der Waals surface area (Å²) in [4.78, 5) is 17.3. The van der Waals surface area contributed by atoms with Crippen LogP contribution in [0.25, 0.3) is 5.65 Å². The molecule has 5 rings (SSSR count). The zero-order chi connectivity index (χ0) is 23.7. The molecule has 34 heavy (non-hydrogen) atoms. The molecule has 2 unspecified atom stereocenters. The number of methoxy groups -OCH3 is 1. The third-order valence-electron chi connectivity index (χ3n) is 6.03. The van der Waals surface area contributed by atoms with Gasteiger partial charge in [-0.1, -0.05) is 24.3 Å². The maximum absolute atomic E-state index is 12.7. The predicted molar refractivity (Wildman–Crippen MR) is 126 cm³/mol. The predicted octanol–water partition coefficient (Wildman–Crippen LogP) is 4.44. The van der Waals surface area contributed by atoms with Crippen LogP contribution in [-0.2, 0) is 17.8 Å². The topological polar surface area (TPSA) is 94.3 Å². The zero-order valence-electron chi connectivity index (χ0n) is 18.9. The summed E-state index contributed by atoms with van der Waals surface area (Å²) in [6.45, 7) is 1.72. The van der Waals surface area contributed by atoms with E-state index in [4.69, 9.17) is 14.2 Å². The SMILES string of the molecule is COc1ccc(NC(=O)OC2Cc3ccccc3C2Oc2cccn3c(CO)c(C)nc23)cc1. The standard InChI is InChI=1S/C26H25N3O5/c1-16-21(15-30)29-13-5-8-22(25(29)27-16)33-24-20-7-4-3-6-17(20)14-23(24)34-26(31)28-18-9-11-19(32-2)12-10-18/h3-13,23-24,30H,14-15H2,1-2H3,(H,28,31). The first-order valence-electron chi connectivity index (χ1n) is 11.0. The number of nitrogens with zero attached hydrogens (tertiary/aromatic N) is 2. The number of pyridine rings is 1. The monoisotopic (exact) mass is 459 g/mol. The summed E-state index contributed by atoms with van der Waals surface area (Å²) in [6, 6.07) is 18.6. The van der Waals surface area contributed by atoms with E-state index < -0.39 is 18.3 Å². The molecule has 1 amide bonds. The van der Waals surface area contributed by atoms with Gasteiger partial charge in [-0.2, -0.15) is 0 Å². The zero-order valence-corrected chi connectivity index (χ0v) is 18.9. The minimum Gasteiger partial charge on any atom is -0.497 e. The molecule has 4 aromatic rings. The average Bonchev–Trinajstić information content (AvgIpc) is 3.36. The number of benzene rings is 2. The Labute approximate surface area is 196 Å². The van der Waals surface area contributed by atoms with Gasteiger partial charge in [-0.3, -0.25) is 9.72 Å². The largest absolute Gasteiger partial charge is 0.497 e. The number of aromatic nitrogens is 2. The Hall–Kier alpha value is -4.04. The molecule has 0 spiro atoms. The van der Waals surface area contributed by atoms with Gasteiger partial charge in [-0.25, -0.2) is 9.78 Å². The molecule has 0 aliphatic heterocycles. The summed E-state index contributed by atoms with van der Waals surface area (Å²) < 4.78 is 19.2. The second-order valence-electron chi connectivity index (χ2n) is 8.11. The van der Waals surface area contributed by atoms with E-state index in [1.165, 1.54) is 0 Å². The number of aliphatic hydroxyl groups is 1. The number of nitrogens with one attached hydrogen (secondary N) is 1.